The number of nitrogens with two attached hydrogens (primary N) is 1. The maximum absolute atomic E-state index is 12.3. The molecular formula is C17H20N6OS. The number of carbonyl (C=O) groups excluding carboxylic acids is 1. The molecule has 1 amide bonds. The highest BCUT2D eigenvalue weighted by atomic mass is 32.1. The van der Waals surface area contributed by atoms with Crippen LogP contribution in [0.5, 0.6) is 0 Å². The molecule has 130 valence electrons. The van der Waals surface area contributed by atoms with Gasteiger partial charge >= 0.3 is 0 Å². The van der Waals surface area contributed by atoms with Crippen molar-refractivity contribution in [1.29, 1.82) is 0 Å². The van der Waals surface area contributed by atoms with Gasteiger partial charge in [-0.3, -0.25) is 9.48 Å². The summed E-state index contributed by atoms with van der Waals surface area (Å²) in [5, 5.41) is 11.4. The monoisotopic (exact) mass is 356 g/mol. The van der Waals surface area contributed by atoms with Gasteiger partial charge in [-0.1, -0.05) is 11.3 Å². The average Bonchev–Trinajstić information content (AvgIpc) is 3.15. The van der Waals surface area contributed by atoms with Crippen molar-refractivity contribution in [1.82, 2.24) is 20.1 Å². The smallest absolute Gasteiger partial charge is 0.224 e. The van der Waals surface area contributed by atoms with E-state index in [1.165, 1.54) is 17.0 Å². The third-order valence-electron chi connectivity index (χ3n) is 4.31. The molecule has 0 fully saturated rings. The lowest BCUT2D eigenvalue weighted by molar-refractivity contribution is -0.116. The summed E-state index contributed by atoms with van der Waals surface area (Å²) in [6.45, 7) is 4.65. The number of rotatable bonds is 4. The molecule has 2 aromatic heterocycles. The molecule has 4 rings (SSSR count). The van der Waals surface area contributed by atoms with Crippen LogP contribution in [0.1, 0.15) is 23.4 Å². The Morgan fingerprint density at radius 3 is 3.16 bits per heavy atom. The van der Waals surface area contributed by atoms with E-state index in [1.54, 1.807) is 0 Å². The normalized spacial score (nSPS) is 13.8. The summed E-state index contributed by atoms with van der Waals surface area (Å²) < 4.78 is 3.01. The van der Waals surface area contributed by atoms with Crippen LogP contribution in [0.3, 0.4) is 0 Å². The number of anilines is 2. The summed E-state index contributed by atoms with van der Waals surface area (Å²) in [6, 6.07) is 5.94. The molecule has 1 aliphatic heterocycles. The van der Waals surface area contributed by atoms with Crippen molar-refractivity contribution in [2.45, 2.75) is 32.9 Å². The molecule has 0 unspecified atom stereocenters. The van der Waals surface area contributed by atoms with E-state index < -0.39 is 0 Å². The van der Waals surface area contributed by atoms with E-state index in [4.69, 9.17) is 5.73 Å². The largest absolute Gasteiger partial charge is 0.375 e. The number of amides is 1. The molecule has 8 heteroatoms. The van der Waals surface area contributed by atoms with Crippen molar-refractivity contribution in [2.75, 3.05) is 17.6 Å². The molecule has 1 aliphatic rings. The third kappa shape index (κ3) is 3.35. The second kappa shape index (κ2) is 6.45. The molecule has 0 aliphatic carbocycles. The Morgan fingerprint density at radius 1 is 1.44 bits per heavy atom. The number of hydrogen-bond donors (Lipinski definition) is 3. The molecule has 0 atom stereocenters. The Kier molecular flexibility index (Phi) is 4.14. The van der Waals surface area contributed by atoms with Gasteiger partial charge in [0, 0.05) is 31.6 Å². The van der Waals surface area contributed by atoms with E-state index in [1.807, 2.05) is 23.7 Å². The molecule has 7 nitrogen and oxygen atoms in total. The fraction of sp³-hybridized carbons (Fsp3) is 0.353. The standard InChI is InChI=1S/C17H20N6OS/c1-10-6-12(8-14-16(10)21-17(18)25-14)20-15(24)3-2-11-7-13-9-19-4-5-23(13)22-11/h6-8,19H,2-5,9H2,1H3,(H2,18,21)(H,20,24). The van der Waals surface area contributed by atoms with Crippen molar-refractivity contribution in [3.05, 3.63) is 35.2 Å². The van der Waals surface area contributed by atoms with E-state index in [-0.39, 0.29) is 5.91 Å². The van der Waals surface area contributed by atoms with Crippen molar-refractivity contribution in [3.8, 4) is 0 Å². The lowest BCUT2D eigenvalue weighted by atomic mass is 10.2. The van der Waals surface area contributed by atoms with Gasteiger partial charge in [0.15, 0.2) is 5.13 Å². The Balaban J connectivity index is 1.41. The number of aromatic nitrogens is 3. The summed E-state index contributed by atoms with van der Waals surface area (Å²) in [5.74, 6) is -0.0136. The van der Waals surface area contributed by atoms with Crippen LogP contribution >= 0.6 is 11.3 Å². The van der Waals surface area contributed by atoms with Crippen LogP contribution in [-0.2, 0) is 24.3 Å². The molecule has 3 heterocycles. The first kappa shape index (κ1) is 16.0. The zero-order valence-corrected chi connectivity index (χ0v) is 14.8. The Bertz CT molecular complexity index is 921. The fourth-order valence-electron chi connectivity index (χ4n) is 3.13. The van der Waals surface area contributed by atoms with Crippen LogP contribution in [0.15, 0.2) is 18.2 Å². The maximum atomic E-state index is 12.3. The van der Waals surface area contributed by atoms with Crippen LogP contribution < -0.4 is 16.4 Å². The van der Waals surface area contributed by atoms with E-state index in [2.05, 4.69) is 26.8 Å². The quantitative estimate of drug-likeness (QED) is 0.665. The maximum Gasteiger partial charge on any atom is 0.224 e. The van der Waals surface area contributed by atoms with Gasteiger partial charge in [0.1, 0.15) is 0 Å². The number of nitrogens with one attached hydrogen (secondary N) is 2. The molecule has 4 N–H and O–H groups in total. The van der Waals surface area contributed by atoms with Crippen LogP contribution in [0.25, 0.3) is 10.2 Å². The van der Waals surface area contributed by atoms with Gasteiger partial charge in [-0.2, -0.15) is 5.10 Å². The molecule has 25 heavy (non-hydrogen) atoms. The first-order valence-corrected chi connectivity index (χ1v) is 9.13. The topological polar surface area (TPSA) is 97.9 Å². The number of hydrogen-bond acceptors (Lipinski definition) is 6. The highest BCUT2D eigenvalue weighted by molar-refractivity contribution is 7.22. The minimum Gasteiger partial charge on any atom is -0.375 e. The second-order valence-electron chi connectivity index (χ2n) is 6.27. The SMILES string of the molecule is Cc1cc(NC(=O)CCc2cc3n(n2)CCNC3)cc2sc(N)nc12. The highest BCUT2D eigenvalue weighted by Gasteiger charge is 2.13. The Labute approximate surface area is 149 Å². The van der Waals surface area contributed by atoms with Crippen LogP contribution in [0.4, 0.5) is 10.8 Å². The molecule has 0 radical (unpaired) electrons. The van der Waals surface area contributed by atoms with Crippen LogP contribution in [0.2, 0.25) is 0 Å². The number of benzene rings is 1. The molecule has 1 aromatic carbocycles. The predicted molar refractivity (Wildman–Crippen MR) is 99.7 cm³/mol. The number of nitrogens with zero attached hydrogens (tertiary/aromatic N) is 3. The van der Waals surface area contributed by atoms with Crippen molar-refractivity contribution in [2.24, 2.45) is 0 Å². The van der Waals surface area contributed by atoms with Gasteiger partial charge in [0.25, 0.3) is 0 Å². The summed E-state index contributed by atoms with van der Waals surface area (Å²) in [6.07, 6.45) is 1.05. The summed E-state index contributed by atoms with van der Waals surface area (Å²) in [5.41, 5.74) is 10.6. The minimum absolute atomic E-state index is 0.0136. The third-order valence-corrected chi connectivity index (χ3v) is 5.15. The number of nitrogen functional groups attached to an aromatic ring is 1. The van der Waals surface area contributed by atoms with E-state index in [0.29, 0.717) is 18.0 Å². The molecular weight excluding hydrogens is 336 g/mol. The zero-order valence-electron chi connectivity index (χ0n) is 14.0. The molecule has 0 saturated carbocycles. The van der Waals surface area contributed by atoms with E-state index in [9.17, 15) is 4.79 Å². The zero-order chi connectivity index (χ0) is 17.4. The predicted octanol–water partition coefficient (Wildman–Crippen LogP) is 2.06. The Morgan fingerprint density at radius 2 is 2.32 bits per heavy atom. The van der Waals surface area contributed by atoms with Gasteiger partial charge < -0.3 is 16.4 Å². The van der Waals surface area contributed by atoms with E-state index >= 15 is 0 Å². The summed E-state index contributed by atoms with van der Waals surface area (Å²) in [4.78, 5) is 16.6. The first-order chi connectivity index (χ1) is 12.1. The average molecular weight is 356 g/mol. The van der Waals surface area contributed by atoms with Gasteiger partial charge in [0.2, 0.25) is 5.91 Å². The Hall–Kier alpha value is -2.45. The minimum atomic E-state index is -0.0136. The van der Waals surface area contributed by atoms with Crippen LogP contribution in [-0.4, -0.2) is 27.2 Å². The van der Waals surface area contributed by atoms with E-state index in [0.717, 1.165) is 46.8 Å². The van der Waals surface area contributed by atoms with Crippen molar-refractivity contribution in [3.63, 3.8) is 0 Å². The van der Waals surface area contributed by atoms with Crippen molar-refractivity contribution >= 4 is 38.3 Å². The van der Waals surface area contributed by atoms with Gasteiger partial charge in [-0.25, -0.2) is 4.98 Å². The molecule has 0 saturated heterocycles. The number of fused-ring (bicyclic) bond motifs is 2. The lowest BCUT2D eigenvalue weighted by Crippen LogP contribution is -2.28. The van der Waals surface area contributed by atoms with Gasteiger partial charge in [-0.15, -0.1) is 0 Å². The molecule has 3 aromatic rings. The van der Waals surface area contributed by atoms with Crippen LogP contribution in [0, 0.1) is 6.92 Å². The molecule has 0 bridgehead atoms. The number of thiazole rings is 1. The van der Waals surface area contributed by atoms with Gasteiger partial charge in [0.05, 0.1) is 28.1 Å². The van der Waals surface area contributed by atoms with Crippen molar-refractivity contribution < 1.29 is 4.79 Å². The number of aryl methyl sites for hydroxylation is 2. The number of carbonyl (C=O) groups is 1. The highest BCUT2D eigenvalue weighted by Crippen LogP contribution is 2.29. The summed E-state index contributed by atoms with van der Waals surface area (Å²) in [7, 11) is 0. The van der Waals surface area contributed by atoms with Gasteiger partial charge in [-0.05, 0) is 30.7 Å². The molecule has 0 spiro atoms. The fourth-order valence-corrected chi connectivity index (χ4v) is 3.98. The summed E-state index contributed by atoms with van der Waals surface area (Å²) >= 11 is 1.43. The second-order valence-corrected chi connectivity index (χ2v) is 7.33. The first-order valence-electron chi connectivity index (χ1n) is 8.31. The lowest BCUT2D eigenvalue weighted by Gasteiger charge is -2.13.